The average Bonchev–Trinajstić information content (AvgIpc) is 2.34. The highest BCUT2D eigenvalue weighted by Gasteiger charge is 2.09. The summed E-state index contributed by atoms with van der Waals surface area (Å²) in [4.78, 5) is 24.5. The van der Waals surface area contributed by atoms with Crippen molar-refractivity contribution in [3.8, 4) is 0 Å². The molecular weight excluding hydrogens is 256 g/mol. The van der Waals surface area contributed by atoms with Gasteiger partial charge in [-0.05, 0) is 6.92 Å². The zero-order valence-electron chi connectivity index (χ0n) is 10.7. The molecule has 0 aliphatic carbocycles. The van der Waals surface area contributed by atoms with Crippen molar-refractivity contribution in [1.29, 1.82) is 0 Å². The van der Waals surface area contributed by atoms with Crippen LogP contribution in [0, 0.1) is 0 Å². The molecule has 0 unspecified atom stereocenters. The van der Waals surface area contributed by atoms with Crippen LogP contribution in [-0.4, -0.2) is 41.2 Å². The van der Waals surface area contributed by atoms with Crippen LogP contribution in [0.2, 0.25) is 5.02 Å². The maximum atomic E-state index is 11.7. The number of halogens is 1. The first kappa shape index (κ1) is 14.5. The van der Waals surface area contributed by atoms with Crippen molar-refractivity contribution in [2.75, 3.05) is 26.0 Å². The fraction of sp³-hybridized carbons (Fsp3) is 0.545. The summed E-state index contributed by atoms with van der Waals surface area (Å²) >= 11 is 5.92. The molecule has 0 bridgehead atoms. The number of aryl methyl sites for hydroxylation is 1. The van der Waals surface area contributed by atoms with E-state index in [0.717, 1.165) is 0 Å². The minimum Gasteiger partial charge on any atom is -0.382 e. The molecule has 18 heavy (non-hydrogen) atoms. The lowest BCUT2D eigenvalue weighted by Crippen LogP contribution is -2.25. The third kappa shape index (κ3) is 3.46. The molecule has 0 saturated carbocycles. The Morgan fingerprint density at radius 1 is 1.56 bits per heavy atom. The Labute approximate surface area is 111 Å². The van der Waals surface area contributed by atoms with Gasteiger partial charge in [0.25, 0.3) is 5.56 Å². The Morgan fingerprint density at radius 3 is 2.78 bits per heavy atom. The molecule has 0 aliphatic heterocycles. The van der Waals surface area contributed by atoms with Gasteiger partial charge in [0.1, 0.15) is 5.02 Å². The van der Waals surface area contributed by atoms with E-state index in [1.54, 1.807) is 14.1 Å². The number of aromatic nitrogens is 2. The molecule has 1 N–H and O–H groups in total. The Hall–Kier alpha value is -1.56. The second-order valence-corrected chi connectivity index (χ2v) is 4.34. The Balaban J connectivity index is 2.67. The maximum Gasteiger partial charge on any atom is 0.287 e. The van der Waals surface area contributed by atoms with Gasteiger partial charge in [0.15, 0.2) is 0 Å². The lowest BCUT2D eigenvalue weighted by atomic mass is 10.3. The molecule has 100 valence electrons. The molecule has 1 aromatic rings. The van der Waals surface area contributed by atoms with E-state index >= 15 is 0 Å². The quantitative estimate of drug-likeness (QED) is 0.861. The number of amides is 1. The van der Waals surface area contributed by atoms with Gasteiger partial charge in [0.05, 0.1) is 11.9 Å². The topological polar surface area (TPSA) is 67.2 Å². The number of carbonyl (C=O) groups is 1. The molecule has 0 atom stereocenters. The fourth-order valence-electron chi connectivity index (χ4n) is 1.34. The van der Waals surface area contributed by atoms with Crippen molar-refractivity contribution in [3.63, 3.8) is 0 Å². The third-order valence-corrected chi connectivity index (χ3v) is 2.80. The minimum atomic E-state index is -0.330. The lowest BCUT2D eigenvalue weighted by Gasteiger charge is -2.12. The van der Waals surface area contributed by atoms with Crippen LogP contribution in [-0.2, 0) is 11.3 Å². The van der Waals surface area contributed by atoms with E-state index < -0.39 is 0 Å². The summed E-state index contributed by atoms with van der Waals surface area (Å²) in [6.07, 6.45) is 1.83. The third-order valence-electron chi connectivity index (χ3n) is 2.44. The standard InChI is InChI=1S/C11H17ClN4O2/c1-4-16-11(18)10(12)8(7-14-16)13-6-5-9(17)15(2)3/h7,13H,4-6H2,1-3H3. The van der Waals surface area contributed by atoms with Crippen LogP contribution < -0.4 is 10.9 Å². The van der Waals surface area contributed by atoms with Gasteiger partial charge < -0.3 is 10.2 Å². The molecule has 0 fully saturated rings. The molecule has 7 heteroatoms. The van der Waals surface area contributed by atoms with Crippen molar-refractivity contribution in [2.45, 2.75) is 19.9 Å². The van der Waals surface area contributed by atoms with Gasteiger partial charge in [-0.15, -0.1) is 0 Å². The normalized spacial score (nSPS) is 10.2. The molecule has 0 radical (unpaired) electrons. The number of anilines is 1. The van der Waals surface area contributed by atoms with Crippen molar-refractivity contribution in [3.05, 3.63) is 21.6 Å². The van der Waals surface area contributed by atoms with Crippen LogP contribution in [0.1, 0.15) is 13.3 Å². The first-order valence-electron chi connectivity index (χ1n) is 5.67. The SMILES string of the molecule is CCn1ncc(NCCC(=O)N(C)C)c(Cl)c1=O. The molecule has 6 nitrogen and oxygen atoms in total. The number of hydrogen-bond acceptors (Lipinski definition) is 4. The molecule has 1 rings (SSSR count). The van der Waals surface area contributed by atoms with Crippen LogP contribution in [0.5, 0.6) is 0 Å². The summed E-state index contributed by atoms with van der Waals surface area (Å²) in [6.45, 7) is 2.69. The zero-order chi connectivity index (χ0) is 13.7. The van der Waals surface area contributed by atoms with Gasteiger partial charge in [-0.2, -0.15) is 5.10 Å². The van der Waals surface area contributed by atoms with E-state index in [4.69, 9.17) is 11.6 Å². The Bertz CT molecular complexity index is 484. The van der Waals surface area contributed by atoms with Gasteiger partial charge in [-0.25, -0.2) is 4.68 Å². The maximum absolute atomic E-state index is 11.7. The minimum absolute atomic E-state index is 0.00785. The second-order valence-electron chi connectivity index (χ2n) is 3.96. The number of hydrogen-bond donors (Lipinski definition) is 1. The summed E-state index contributed by atoms with van der Waals surface area (Å²) < 4.78 is 1.28. The molecule has 1 aromatic heterocycles. The molecular formula is C11H17ClN4O2. The van der Waals surface area contributed by atoms with E-state index in [1.165, 1.54) is 15.8 Å². The fourth-order valence-corrected chi connectivity index (χ4v) is 1.55. The number of carbonyl (C=O) groups excluding carboxylic acids is 1. The highest BCUT2D eigenvalue weighted by molar-refractivity contribution is 6.32. The molecule has 0 aliphatic rings. The molecule has 1 heterocycles. The summed E-state index contributed by atoms with van der Waals surface area (Å²) in [5, 5.41) is 6.99. The van der Waals surface area contributed by atoms with Crippen molar-refractivity contribution in [2.24, 2.45) is 0 Å². The highest BCUT2D eigenvalue weighted by Crippen LogP contribution is 2.14. The van der Waals surface area contributed by atoms with E-state index in [2.05, 4.69) is 10.4 Å². The van der Waals surface area contributed by atoms with Crippen molar-refractivity contribution in [1.82, 2.24) is 14.7 Å². The predicted octanol–water partition coefficient (Wildman–Crippen LogP) is 0.807. The first-order chi connectivity index (χ1) is 8.47. The average molecular weight is 273 g/mol. The van der Waals surface area contributed by atoms with Crippen LogP contribution in [0.3, 0.4) is 0 Å². The number of nitrogens with zero attached hydrogens (tertiary/aromatic N) is 3. The summed E-state index contributed by atoms with van der Waals surface area (Å²) in [5.74, 6) is 0.00785. The Morgan fingerprint density at radius 2 is 2.22 bits per heavy atom. The number of nitrogens with one attached hydrogen (secondary N) is 1. The zero-order valence-corrected chi connectivity index (χ0v) is 11.5. The highest BCUT2D eigenvalue weighted by atomic mass is 35.5. The van der Waals surface area contributed by atoms with Crippen LogP contribution in [0.15, 0.2) is 11.0 Å². The number of rotatable bonds is 5. The van der Waals surface area contributed by atoms with E-state index in [0.29, 0.717) is 25.2 Å². The predicted molar refractivity (Wildman–Crippen MR) is 71.0 cm³/mol. The second kappa shape index (κ2) is 6.39. The molecule has 0 saturated heterocycles. The molecule has 0 aromatic carbocycles. The smallest absolute Gasteiger partial charge is 0.287 e. The van der Waals surface area contributed by atoms with Gasteiger partial charge >= 0.3 is 0 Å². The summed E-state index contributed by atoms with van der Waals surface area (Å²) in [7, 11) is 3.39. The largest absolute Gasteiger partial charge is 0.382 e. The van der Waals surface area contributed by atoms with Gasteiger partial charge in [-0.3, -0.25) is 9.59 Å². The van der Waals surface area contributed by atoms with E-state index in [-0.39, 0.29) is 16.5 Å². The van der Waals surface area contributed by atoms with Crippen LogP contribution in [0.4, 0.5) is 5.69 Å². The van der Waals surface area contributed by atoms with E-state index in [9.17, 15) is 9.59 Å². The van der Waals surface area contributed by atoms with Crippen molar-refractivity contribution >= 4 is 23.2 Å². The lowest BCUT2D eigenvalue weighted by molar-refractivity contribution is -0.128. The van der Waals surface area contributed by atoms with Crippen molar-refractivity contribution < 1.29 is 4.79 Å². The van der Waals surface area contributed by atoms with Crippen LogP contribution in [0.25, 0.3) is 0 Å². The van der Waals surface area contributed by atoms with E-state index in [1.807, 2.05) is 6.92 Å². The van der Waals surface area contributed by atoms with Crippen LogP contribution >= 0.6 is 11.6 Å². The summed E-state index contributed by atoms with van der Waals surface area (Å²) in [5.41, 5.74) is 0.126. The van der Waals surface area contributed by atoms with Gasteiger partial charge in [-0.1, -0.05) is 11.6 Å². The molecule has 0 spiro atoms. The van der Waals surface area contributed by atoms with Gasteiger partial charge in [0, 0.05) is 33.6 Å². The first-order valence-corrected chi connectivity index (χ1v) is 6.04. The Kier molecular flexibility index (Phi) is 5.15. The monoisotopic (exact) mass is 272 g/mol. The van der Waals surface area contributed by atoms with Gasteiger partial charge in [0.2, 0.25) is 5.91 Å². The molecule has 1 amide bonds. The summed E-state index contributed by atoms with van der Waals surface area (Å²) in [6, 6.07) is 0.